The second-order valence-electron chi connectivity index (χ2n) is 13.2. The minimum absolute atomic E-state index is 0. The van der Waals surface area contributed by atoms with E-state index >= 15 is 0 Å². The van der Waals surface area contributed by atoms with Crippen molar-refractivity contribution in [2.75, 3.05) is 0 Å². The second kappa shape index (κ2) is 23.3. The predicted octanol–water partition coefficient (Wildman–Crippen LogP) is 15.8. The van der Waals surface area contributed by atoms with Gasteiger partial charge in [-0.3, -0.25) is 0 Å². The van der Waals surface area contributed by atoms with Crippen LogP contribution >= 0.6 is 0 Å². The van der Waals surface area contributed by atoms with Crippen molar-refractivity contribution in [3.63, 3.8) is 0 Å². The maximum atomic E-state index is 12.4. The van der Waals surface area contributed by atoms with Crippen molar-refractivity contribution < 1.29 is 158 Å². The zero-order valence-corrected chi connectivity index (χ0v) is 39.8. The molecule has 0 aliphatic carbocycles. The summed E-state index contributed by atoms with van der Waals surface area (Å²) in [6.07, 6.45) is -64.0. The zero-order valence-electron chi connectivity index (χ0n) is 33.5. The van der Waals surface area contributed by atoms with Gasteiger partial charge in [0.15, 0.2) is 0 Å². The molecule has 0 saturated heterocycles. The Kier molecular flexibility index (Phi) is 22.1. The van der Waals surface area contributed by atoms with Crippen molar-refractivity contribution in [2.45, 2.75) is 74.1 Å². The van der Waals surface area contributed by atoms with Crippen molar-refractivity contribution in [1.82, 2.24) is 0 Å². The molecule has 0 aromatic heterocycles. The molecule has 420 valence electrons. The van der Waals surface area contributed by atoms with Gasteiger partial charge < -0.3 is 0 Å². The number of rotatable bonds is 0. The molecule has 0 aliphatic rings. The molecule has 0 atom stereocenters. The first-order chi connectivity index (χ1) is 32.1. The molecule has 0 unspecified atom stereocenters. The van der Waals surface area contributed by atoms with Gasteiger partial charge in [0.2, 0.25) is 0 Å². The number of hydrogen-bond donors (Lipinski definition) is 0. The largest absolute Gasteiger partial charge is 2.00 e. The van der Waals surface area contributed by atoms with Crippen molar-refractivity contribution in [3.05, 3.63) is 127 Å². The summed E-state index contributed by atoms with van der Waals surface area (Å²) in [4.78, 5) is 0. The van der Waals surface area contributed by atoms with Gasteiger partial charge in [-0.2, -0.15) is 79.0 Å². The SMILES string of the molecule is FC(F)(F)c1[c]c(C(F)(F)F)cc(C(F)(F)F)c1.FC(F)(F)c1[c]c(C(F)(F)F)cc(C(F)(F)F)c1.FC(F)(F)c1cc(C(F)(F)F)c([Se-])c(C(F)(F)F)c1.FC(F)(F)c1cc(C(F)(F)F)c([Se-])c(C(F)(F)F)c1.[Sn+2]. The van der Waals surface area contributed by atoms with Crippen molar-refractivity contribution in [1.29, 1.82) is 0 Å². The molecule has 0 heterocycles. The predicted molar refractivity (Wildman–Crippen MR) is 180 cm³/mol. The summed E-state index contributed by atoms with van der Waals surface area (Å²) in [5.41, 5.74) is -24.6. The average Bonchev–Trinajstić information content (AvgIpc) is 3.13. The number of hydrogen-bond acceptors (Lipinski definition) is 0. The summed E-state index contributed by atoms with van der Waals surface area (Å²) < 4.78 is 439. The fourth-order valence-electron chi connectivity index (χ4n) is 4.51. The first-order valence-corrected chi connectivity index (χ1v) is 18.5. The van der Waals surface area contributed by atoms with E-state index < -0.39 is 174 Å². The summed E-state index contributed by atoms with van der Waals surface area (Å²) >= 11 is 3.05. The Morgan fingerprint density at radius 3 is 0.453 bits per heavy atom. The van der Waals surface area contributed by atoms with E-state index in [1.807, 2.05) is 0 Å². The summed E-state index contributed by atoms with van der Waals surface area (Å²) in [5, 5.41) is 0. The molecule has 4 aromatic carbocycles. The standard InChI is InChI=1S/2C9H3F9Se.2C9H2F9.Sn/c2*10-7(11,12)3-1-4(8(13,14)15)6(19)5(2-3)9(16,17)18;2*10-7(11,12)4-1-5(8(13,14)15)3-6(2-4)9(16,17)18;/h2*1-2,19H;2*1-2H;/q;;;;+2/p-2. The topological polar surface area (TPSA) is 0 Å². The van der Waals surface area contributed by atoms with Crippen LogP contribution in [-0.2, 0) is 74.1 Å². The van der Waals surface area contributed by atoms with Crippen LogP contribution in [0.2, 0.25) is 0 Å². The number of alkyl halides is 36. The Labute approximate surface area is 423 Å². The van der Waals surface area contributed by atoms with Gasteiger partial charge in [0, 0.05) is 12.1 Å². The van der Waals surface area contributed by atoms with Gasteiger partial charge in [0.25, 0.3) is 0 Å². The molecule has 0 bridgehead atoms. The molecule has 4 rings (SSSR count). The van der Waals surface area contributed by atoms with Crippen molar-refractivity contribution in [3.8, 4) is 0 Å². The van der Waals surface area contributed by atoms with Gasteiger partial charge in [0.1, 0.15) is 0 Å². The molecule has 0 nitrogen and oxygen atoms in total. The van der Waals surface area contributed by atoms with Gasteiger partial charge in [-0.15, -0.1) is 0 Å². The molecule has 75 heavy (non-hydrogen) atoms. The Bertz CT molecular complexity index is 2140. The van der Waals surface area contributed by atoms with Crippen LogP contribution in [-0.4, -0.2) is 55.9 Å². The molecule has 0 fully saturated rings. The van der Waals surface area contributed by atoms with Gasteiger partial charge in [-0.1, -0.05) is 0 Å². The van der Waals surface area contributed by atoms with Gasteiger partial charge >= 0.3 is 276 Å². The summed E-state index contributed by atoms with van der Waals surface area (Å²) in [6, 6.07) is -1.35. The minimum Gasteiger partial charge on any atom is 2.00 e. The van der Waals surface area contributed by atoms with Gasteiger partial charge in [-0.05, 0) is 24.3 Å². The van der Waals surface area contributed by atoms with E-state index in [1.54, 1.807) is 0 Å². The van der Waals surface area contributed by atoms with E-state index in [4.69, 9.17) is 0 Å². The summed E-state index contributed by atoms with van der Waals surface area (Å²) in [5.74, 6) is 0. The van der Waals surface area contributed by atoms with Crippen LogP contribution in [0.1, 0.15) is 66.8 Å². The van der Waals surface area contributed by atoms with Crippen LogP contribution in [0.15, 0.2) is 48.5 Å². The first-order valence-electron chi connectivity index (χ1n) is 16.8. The molecule has 39 heteroatoms. The third-order valence-electron chi connectivity index (χ3n) is 7.67. The summed E-state index contributed by atoms with van der Waals surface area (Å²) in [6.45, 7) is 0. The fraction of sp³-hybridized carbons (Fsp3) is 0.333. The minimum atomic E-state index is -5.35. The van der Waals surface area contributed by atoms with Gasteiger partial charge in [-0.25, -0.2) is 0 Å². The quantitative estimate of drug-likeness (QED) is 0.122. The molecule has 0 N–H and O–H groups in total. The molecule has 0 spiro atoms. The molecule has 4 aromatic rings. The second-order valence-corrected chi connectivity index (χ2v) is 14.9. The van der Waals surface area contributed by atoms with E-state index in [9.17, 15) is 158 Å². The Balaban J connectivity index is 0.000000970. The van der Waals surface area contributed by atoms with Crippen LogP contribution in [0, 0.1) is 12.1 Å². The smallest absolute Gasteiger partial charge is 2.00 e. The van der Waals surface area contributed by atoms with E-state index in [0.717, 1.165) is 12.1 Å². The first kappa shape index (κ1) is 71.2. The van der Waals surface area contributed by atoms with Crippen LogP contribution < -0.4 is 8.92 Å². The monoisotopic (exact) mass is 1400 g/mol. The Hall–Kier alpha value is -3.80. The third-order valence-corrected chi connectivity index (χ3v) is 9.51. The number of benzene rings is 4. The fourth-order valence-corrected chi connectivity index (χ4v) is 5.97. The van der Waals surface area contributed by atoms with Crippen molar-refractivity contribution >= 4 is 64.9 Å². The Morgan fingerprint density at radius 2 is 0.347 bits per heavy atom. The van der Waals surface area contributed by atoms with Crippen molar-refractivity contribution in [2.24, 2.45) is 0 Å². The molecule has 0 amide bonds. The van der Waals surface area contributed by atoms with Crippen LogP contribution in [0.4, 0.5) is 158 Å². The van der Waals surface area contributed by atoms with Crippen LogP contribution in [0.25, 0.3) is 0 Å². The molecular formula is C36H8F36Se2Sn. The number of halogens is 36. The van der Waals surface area contributed by atoms with Gasteiger partial charge in [0.05, 0.1) is 33.4 Å². The average molecular weight is 1400 g/mol. The van der Waals surface area contributed by atoms with E-state index in [-0.39, 0.29) is 48.2 Å². The van der Waals surface area contributed by atoms with E-state index in [2.05, 4.69) is 0 Å². The van der Waals surface area contributed by atoms with E-state index in [1.165, 1.54) is 32.0 Å². The van der Waals surface area contributed by atoms with E-state index in [0.29, 0.717) is 0 Å². The van der Waals surface area contributed by atoms with Crippen LogP contribution in [0.5, 0.6) is 0 Å². The molecule has 0 saturated carbocycles. The Morgan fingerprint density at radius 1 is 0.213 bits per heavy atom. The zero-order chi connectivity index (χ0) is 59.2. The maximum absolute atomic E-state index is 12.4. The summed E-state index contributed by atoms with van der Waals surface area (Å²) in [7, 11) is 0. The molecule has 4 radical (unpaired) electrons. The third kappa shape index (κ3) is 21.2. The normalized spacial score (nSPS) is 13.6. The molecule has 0 aliphatic heterocycles. The molecular weight excluding hydrogens is 1390 g/mol. The van der Waals surface area contributed by atoms with Crippen LogP contribution in [0.3, 0.4) is 0 Å². The maximum Gasteiger partial charge on any atom is 2.00 e.